The zero-order valence-corrected chi connectivity index (χ0v) is 11.2. The van der Waals surface area contributed by atoms with Crippen molar-refractivity contribution < 1.29 is 18.3 Å². The molecule has 0 bridgehead atoms. The van der Waals surface area contributed by atoms with Crippen LogP contribution in [-0.4, -0.2) is 37.6 Å². The van der Waals surface area contributed by atoms with Crippen LogP contribution in [0.25, 0.3) is 0 Å². The van der Waals surface area contributed by atoms with Gasteiger partial charge >= 0.3 is 0 Å². The van der Waals surface area contributed by atoms with Crippen molar-refractivity contribution in [3.8, 4) is 0 Å². The number of likely N-dealkylation sites (N-methyl/N-ethyl adjacent to an activating group) is 1. The SMILES string of the molecule is COC(CN)C(=O)N(C)C(C)c1ccc(F)c(F)c1. The molecule has 0 saturated carbocycles. The Hall–Kier alpha value is -1.53. The number of carbonyl (C=O) groups is 1. The van der Waals surface area contributed by atoms with E-state index < -0.39 is 23.8 Å². The normalized spacial score (nSPS) is 14.0. The van der Waals surface area contributed by atoms with Crippen molar-refractivity contribution in [2.24, 2.45) is 5.73 Å². The van der Waals surface area contributed by atoms with E-state index in [1.807, 2.05) is 0 Å². The fourth-order valence-electron chi connectivity index (χ4n) is 1.71. The minimum atomic E-state index is -0.938. The molecule has 0 aliphatic rings. The summed E-state index contributed by atoms with van der Waals surface area (Å²) in [4.78, 5) is 13.4. The Morgan fingerprint density at radius 3 is 2.53 bits per heavy atom. The first-order chi connectivity index (χ1) is 8.92. The van der Waals surface area contributed by atoms with Crippen LogP contribution < -0.4 is 5.73 Å². The third-order valence-electron chi connectivity index (χ3n) is 3.13. The van der Waals surface area contributed by atoms with Crippen LogP contribution in [0.2, 0.25) is 0 Å². The molecule has 0 radical (unpaired) electrons. The highest BCUT2D eigenvalue weighted by molar-refractivity contribution is 5.81. The molecule has 4 nitrogen and oxygen atoms in total. The Morgan fingerprint density at radius 2 is 2.05 bits per heavy atom. The van der Waals surface area contributed by atoms with Crippen LogP contribution in [-0.2, 0) is 9.53 Å². The molecule has 0 fully saturated rings. The third kappa shape index (κ3) is 3.48. The van der Waals surface area contributed by atoms with Gasteiger partial charge in [0.2, 0.25) is 0 Å². The van der Waals surface area contributed by atoms with Gasteiger partial charge in [0.05, 0.1) is 6.04 Å². The van der Waals surface area contributed by atoms with E-state index in [4.69, 9.17) is 10.5 Å². The van der Waals surface area contributed by atoms with Gasteiger partial charge in [0.15, 0.2) is 11.6 Å². The van der Waals surface area contributed by atoms with Gasteiger partial charge in [-0.1, -0.05) is 6.07 Å². The van der Waals surface area contributed by atoms with Crippen LogP contribution in [0.4, 0.5) is 8.78 Å². The zero-order valence-electron chi connectivity index (χ0n) is 11.2. The van der Waals surface area contributed by atoms with Gasteiger partial charge in [-0.25, -0.2) is 8.78 Å². The minimum absolute atomic E-state index is 0.0597. The molecular weight excluding hydrogens is 254 g/mol. The number of hydrogen-bond acceptors (Lipinski definition) is 3. The number of benzene rings is 1. The lowest BCUT2D eigenvalue weighted by molar-refractivity contribution is -0.142. The number of ether oxygens (including phenoxy) is 1. The first-order valence-electron chi connectivity index (χ1n) is 5.86. The molecule has 2 N–H and O–H groups in total. The van der Waals surface area contributed by atoms with Gasteiger partial charge in [0, 0.05) is 20.7 Å². The molecule has 19 heavy (non-hydrogen) atoms. The molecule has 0 heterocycles. The number of nitrogens with two attached hydrogens (primary N) is 1. The van der Waals surface area contributed by atoms with Gasteiger partial charge in [-0.15, -0.1) is 0 Å². The van der Waals surface area contributed by atoms with Crippen LogP contribution >= 0.6 is 0 Å². The summed E-state index contributed by atoms with van der Waals surface area (Å²) in [5, 5.41) is 0. The summed E-state index contributed by atoms with van der Waals surface area (Å²) >= 11 is 0. The number of rotatable bonds is 5. The summed E-state index contributed by atoms with van der Waals surface area (Å²) in [5.74, 6) is -2.16. The standard InChI is InChI=1S/C13H18F2N2O2/c1-8(9-4-5-10(14)11(15)6-9)17(2)13(18)12(7-16)19-3/h4-6,8,12H,7,16H2,1-3H3. The average Bonchev–Trinajstić information content (AvgIpc) is 2.41. The van der Waals surface area contributed by atoms with Crippen molar-refractivity contribution in [1.29, 1.82) is 0 Å². The number of nitrogens with zero attached hydrogens (tertiary/aromatic N) is 1. The predicted molar refractivity (Wildman–Crippen MR) is 67.4 cm³/mol. The van der Waals surface area contributed by atoms with Gasteiger partial charge in [-0.3, -0.25) is 4.79 Å². The Morgan fingerprint density at radius 1 is 1.42 bits per heavy atom. The molecule has 2 atom stereocenters. The lowest BCUT2D eigenvalue weighted by Crippen LogP contribution is -2.42. The zero-order chi connectivity index (χ0) is 14.6. The topological polar surface area (TPSA) is 55.6 Å². The second kappa shape index (κ2) is 6.58. The number of hydrogen-bond donors (Lipinski definition) is 1. The summed E-state index contributed by atoms with van der Waals surface area (Å²) < 4.78 is 31.0. The molecule has 0 aromatic heterocycles. The molecule has 106 valence electrons. The van der Waals surface area contributed by atoms with Crippen LogP contribution in [0.5, 0.6) is 0 Å². The second-order valence-corrected chi connectivity index (χ2v) is 4.26. The van der Waals surface area contributed by atoms with Gasteiger partial charge in [0.25, 0.3) is 5.91 Å². The fraction of sp³-hybridized carbons (Fsp3) is 0.462. The Balaban J connectivity index is 2.89. The minimum Gasteiger partial charge on any atom is -0.370 e. The van der Waals surface area contributed by atoms with Gasteiger partial charge in [0.1, 0.15) is 6.10 Å². The molecule has 1 amide bonds. The van der Waals surface area contributed by atoms with Crippen LogP contribution in [0.3, 0.4) is 0 Å². The number of carbonyl (C=O) groups excluding carboxylic acids is 1. The van der Waals surface area contributed by atoms with E-state index in [-0.39, 0.29) is 12.5 Å². The van der Waals surface area contributed by atoms with E-state index in [1.165, 1.54) is 18.1 Å². The maximum atomic E-state index is 13.2. The molecule has 2 unspecified atom stereocenters. The molecule has 6 heteroatoms. The first kappa shape index (κ1) is 15.5. The number of amides is 1. The van der Waals surface area contributed by atoms with Crippen molar-refractivity contribution in [2.75, 3.05) is 20.7 Å². The van der Waals surface area contributed by atoms with Crippen molar-refractivity contribution in [2.45, 2.75) is 19.1 Å². The molecule has 0 aliphatic carbocycles. The summed E-state index contributed by atoms with van der Waals surface area (Å²) in [7, 11) is 2.96. The van der Waals surface area contributed by atoms with E-state index in [0.29, 0.717) is 5.56 Å². The van der Waals surface area contributed by atoms with E-state index in [1.54, 1.807) is 14.0 Å². The van der Waals surface area contributed by atoms with Crippen LogP contribution in [0, 0.1) is 11.6 Å². The largest absolute Gasteiger partial charge is 0.370 e. The highest BCUT2D eigenvalue weighted by atomic mass is 19.2. The second-order valence-electron chi connectivity index (χ2n) is 4.26. The van der Waals surface area contributed by atoms with E-state index in [9.17, 15) is 13.6 Å². The van der Waals surface area contributed by atoms with Crippen LogP contribution in [0.1, 0.15) is 18.5 Å². The summed E-state index contributed by atoms with van der Waals surface area (Å²) in [5.41, 5.74) is 5.92. The number of halogens is 2. The Kier molecular flexibility index (Phi) is 5.38. The van der Waals surface area contributed by atoms with Gasteiger partial charge in [-0.05, 0) is 24.6 Å². The molecule has 0 saturated heterocycles. The van der Waals surface area contributed by atoms with E-state index in [2.05, 4.69) is 0 Å². The van der Waals surface area contributed by atoms with Gasteiger partial charge < -0.3 is 15.4 Å². The van der Waals surface area contributed by atoms with E-state index in [0.717, 1.165) is 12.1 Å². The van der Waals surface area contributed by atoms with Crippen LogP contribution in [0.15, 0.2) is 18.2 Å². The van der Waals surface area contributed by atoms with Gasteiger partial charge in [-0.2, -0.15) is 0 Å². The van der Waals surface area contributed by atoms with E-state index >= 15 is 0 Å². The smallest absolute Gasteiger partial charge is 0.253 e. The Labute approximate surface area is 111 Å². The molecule has 0 aliphatic heterocycles. The summed E-state index contributed by atoms with van der Waals surface area (Å²) in [6.45, 7) is 1.78. The summed E-state index contributed by atoms with van der Waals surface area (Å²) in [6, 6.07) is 3.15. The summed E-state index contributed by atoms with van der Waals surface area (Å²) in [6.07, 6.45) is -0.738. The van der Waals surface area contributed by atoms with Crippen molar-refractivity contribution in [3.63, 3.8) is 0 Å². The van der Waals surface area contributed by atoms with Crippen molar-refractivity contribution in [3.05, 3.63) is 35.4 Å². The van der Waals surface area contributed by atoms with Crippen molar-refractivity contribution >= 4 is 5.91 Å². The molecule has 1 rings (SSSR count). The molecule has 1 aromatic rings. The maximum absolute atomic E-state index is 13.2. The lowest BCUT2D eigenvalue weighted by atomic mass is 10.1. The molecule has 0 spiro atoms. The monoisotopic (exact) mass is 272 g/mol. The third-order valence-corrected chi connectivity index (χ3v) is 3.13. The first-order valence-corrected chi connectivity index (χ1v) is 5.86. The maximum Gasteiger partial charge on any atom is 0.253 e. The molecule has 1 aromatic carbocycles. The quantitative estimate of drug-likeness (QED) is 0.883. The average molecular weight is 272 g/mol. The Bertz CT molecular complexity index is 450. The highest BCUT2D eigenvalue weighted by Gasteiger charge is 2.25. The fourth-order valence-corrected chi connectivity index (χ4v) is 1.71. The van der Waals surface area contributed by atoms with Crippen molar-refractivity contribution in [1.82, 2.24) is 4.90 Å². The highest BCUT2D eigenvalue weighted by Crippen LogP contribution is 2.21. The number of methoxy groups -OCH3 is 1. The lowest BCUT2D eigenvalue weighted by Gasteiger charge is -2.28. The molecular formula is C13H18F2N2O2. The predicted octanol–water partition coefficient (Wildman–Crippen LogP) is 1.46.